The third-order valence-corrected chi connectivity index (χ3v) is 4.08. The quantitative estimate of drug-likeness (QED) is 0.400. The zero-order valence-corrected chi connectivity index (χ0v) is 16.6. The van der Waals surface area contributed by atoms with E-state index < -0.39 is 0 Å². The van der Waals surface area contributed by atoms with Crippen molar-refractivity contribution in [3.63, 3.8) is 0 Å². The summed E-state index contributed by atoms with van der Waals surface area (Å²) >= 11 is 0. The molecular weight excluding hydrogens is 427 g/mol. The van der Waals surface area contributed by atoms with E-state index >= 15 is 0 Å². The molecule has 1 fully saturated rings. The maximum absolute atomic E-state index is 5.90. The molecule has 25 heavy (non-hydrogen) atoms. The number of anilines is 1. The van der Waals surface area contributed by atoms with E-state index in [4.69, 9.17) is 5.73 Å². The largest absolute Gasteiger partial charge is 0.370 e. The predicted octanol–water partition coefficient (Wildman–Crippen LogP) is 2.34. The highest BCUT2D eigenvalue weighted by Crippen LogP contribution is 2.17. The highest BCUT2D eigenvalue weighted by Gasteiger charge is 2.12. The van der Waals surface area contributed by atoms with Crippen molar-refractivity contribution in [2.75, 3.05) is 24.5 Å². The molecule has 7 heteroatoms. The second-order valence-corrected chi connectivity index (χ2v) is 5.92. The second kappa shape index (κ2) is 10.2. The minimum absolute atomic E-state index is 0. The molecule has 0 aromatic carbocycles. The second-order valence-electron chi connectivity index (χ2n) is 5.92. The number of hydrogen-bond donors (Lipinski definition) is 2. The van der Waals surface area contributed by atoms with Crippen molar-refractivity contribution >= 4 is 35.8 Å². The van der Waals surface area contributed by atoms with E-state index in [1.807, 2.05) is 24.4 Å². The minimum Gasteiger partial charge on any atom is -0.370 e. The van der Waals surface area contributed by atoms with Gasteiger partial charge in [0.05, 0.1) is 6.54 Å². The summed E-state index contributed by atoms with van der Waals surface area (Å²) in [6.07, 6.45) is 7.02. The van der Waals surface area contributed by atoms with Crippen LogP contribution in [0.4, 0.5) is 5.82 Å². The Bertz CT molecular complexity index is 653. The lowest BCUT2D eigenvalue weighted by Crippen LogP contribution is -2.33. The van der Waals surface area contributed by atoms with E-state index in [0.717, 1.165) is 43.1 Å². The van der Waals surface area contributed by atoms with Crippen molar-refractivity contribution in [1.29, 1.82) is 0 Å². The zero-order valence-electron chi connectivity index (χ0n) is 14.3. The molecule has 2 aromatic heterocycles. The van der Waals surface area contributed by atoms with Crippen LogP contribution in [0, 0.1) is 0 Å². The number of halogens is 1. The fourth-order valence-corrected chi connectivity index (χ4v) is 2.74. The monoisotopic (exact) mass is 452 g/mol. The van der Waals surface area contributed by atoms with E-state index in [0.29, 0.717) is 12.5 Å². The topological polar surface area (TPSA) is 79.4 Å². The summed E-state index contributed by atoms with van der Waals surface area (Å²) in [7, 11) is 0. The molecule has 0 unspecified atom stereocenters. The standard InChI is InChI=1S/C18H24N6.HI/c19-18(21-10-8-16-5-1-2-9-20-16)23-14-15-6-7-17(22-13-15)24-11-3-4-12-24;/h1-2,5-7,9,13H,3-4,8,10-12,14H2,(H3,19,21,23);1H. The molecule has 0 spiro atoms. The summed E-state index contributed by atoms with van der Waals surface area (Å²) in [5.41, 5.74) is 8.01. The molecule has 3 rings (SSSR count). The van der Waals surface area contributed by atoms with Gasteiger partial charge in [0, 0.05) is 44.1 Å². The van der Waals surface area contributed by atoms with Crippen molar-refractivity contribution in [2.45, 2.75) is 25.8 Å². The van der Waals surface area contributed by atoms with Gasteiger partial charge in [-0.25, -0.2) is 9.98 Å². The minimum atomic E-state index is 0. The van der Waals surface area contributed by atoms with Crippen LogP contribution < -0.4 is 16.0 Å². The van der Waals surface area contributed by atoms with Crippen molar-refractivity contribution in [1.82, 2.24) is 15.3 Å². The molecule has 0 atom stereocenters. The summed E-state index contributed by atoms with van der Waals surface area (Å²) in [5.74, 6) is 1.51. The third kappa shape index (κ3) is 6.15. The predicted molar refractivity (Wildman–Crippen MR) is 112 cm³/mol. The number of pyridine rings is 2. The fourth-order valence-electron chi connectivity index (χ4n) is 2.74. The third-order valence-electron chi connectivity index (χ3n) is 4.08. The molecule has 3 N–H and O–H groups in total. The van der Waals surface area contributed by atoms with Gasteiger partial charge < -0.3 is 16.0 Å². The van der Waals surface area contributed by atoms with Crippen molar-refractivity contribution in [3.05, 3.63) is 54.0 Å². The van der Waals surface area contributed by atoms with Crippen molar-refractivity contribution < 1.29 is 0 Å². The first-order valence-corrected chi connectivity index (χ1v) is 8.45. The van der Waals surface area contributed by atoms with Crippen LogP contribution in [-0.2, 0) is 13.0 Å². The Hall–Kier alpha value is -1.90. The van der Waals surface area contributed by atoms with E-state index in [1.54, 1.807) is 6.20 Å². The van der Waals surface area contributed by atoms with Gasteiger partial charge in [-0.05, 0) is 36.6 Å². The Kier molecular flexibility index (Phi) is 7.90. The number of guanidine groups is 1. The van der Waals surface area contributed by atoms with Crippen LogP contribution in [0.1, 0.15) is 24.1 Å². The van der Waals surface area contributed by atoms with Gasteiger partial charge in [-0.3, -0.25) is 4.98 Å². The van der Waals surface area contributed by atoms with E-state index in [2.05, 4.69) is 37.3 Å². The normalized spacial score (nSPS) is 14.2. The molecule has 0 radical (unpaired) electrons. The summed E-state index contributed by atoms with van der Waals surface area (Å²) in [6.45, 7) is 3.48. The van der Waals surface area contributed by atoms with Gasteiger partial charge in [-0.15, -0.1) is 24.0 Å². The molecule has 0 bridgehead atoms. The van der Waals surface area contributed by atoms with Crippen LogP contribution in [0.2, 0.25) is 0 Å². The molecule has 0 saturated carbocycles. The van der Waals surface area contributed by atoms with Gasteiger partial charge in [0.15, 0.2) is 5.96 Å². The van der Waals surface area contributed by atoms with Crippen LogP contribution in [-0.4, -0.2) is 35.6 Å². The highest BCUT2D eigenvalue weighted by molar-refractivity contribution is 14.0. The van der Waals surface area contributed by atoms with Crippen molar-refractivity contribution in [3.8, 4) is 0 Å². The van der Waals surface area contributed by atoms with Gasteiger partial charge in [-0.1, -0.05) is 12.1 Å². The van der Waals surface area contributed by atoms with Crippen molar-refractivity contribution in [2.24, 2.45) is 10.7 Å². The lowest BCUT2D eigenvalue weighted by molar-refractivity contribution is 0.827. The molecular formula is C18H25IN6. The number of aromatic nitrogens is 2. The molecule has 2 aromatic rings. The van der Waals surface area contributed by atoms with Gasteiger partial charge in [0.1, 0.15) is 5.82 Å². The smallest absolute Gasteiger partial charge is 0.188 e. The Morgan fingerprint density at radius 3 is 2.68 bits per heavy atom. The Morgan fingerprint density at radius 2 is 2.00 bits per heavy atom. The average Bonchev–Trinajstić information content (AvgIpc) is 3.16. The number of hydrogen-bond acceptors (Lipinski definition) is 4. The van der Waals surface area contributed by atoms with Gasteiger partial charge in [0.25, 0.3) is 0 Å². The summed E-state index contributed by atoms with van der Waals surface area (Å²) in [4.78, 5) is 15.5. The fraction of sp³-hybridized carbons (Fsp3) is 0.389. The number of rotatable bonds is 6. The zero-order chi connectivity index (χ0) is 16.6. The maximum atomic E-state index is 5.90. The average molecular weight is 452 g/mol. The van der Waals surface area contributed by atoms with E-state index in [-0.39, 0.29) is 24.0 Å². The first-order chi connectivity index (χ1) is 11.8. The Morgan fingerprint density at radius 1 is 1.16 bits per heavy atom. The summed E-state index contributed by atoms with van der Waals surface area (Å²) < 4.78 is 0. The first kappa shape index (κ1) is 19.4. The molecule has 0 amide bonds. The molecule has 3 heterocycles. The SMILES string of the molecule is I.NC(=NCc1ccc(N2CCCC2)nc1)NCCc1ccccn1. The van der Waals surface area contributed by atoms with Crippen LogP contribution in [0.5, 0.6) is 0 Å². The lowest BCUT2D eigenvalue weighted by Gasteiger charge is -2.16. The van der Waals surface area contributed by atoms with Crippen LogP contribution in [0.3, 0.4) is 0 Å². The number of aliphatic imine (C=N–C) groups is 1. The first-order valence-electron chi connectivity index (χ1n) is 8.45. The van der Waals surface area contributed by atoms with E-state index in [9.17, 15) is 0 Å². The van der Waals surface area contributed by atoms with Gasteiger partial charge in [0.2, 0.25) is 0 Å². The number of nitrogens with one attached hydrogen (secondary N) is 1. The Balaban J connectivity index is 0.00000225. The number of nitrogens with two attached hydrogens (primary N) is 1. The molecule has 1 aliphatic rings. The number of nitrogens with zero attached hydrogens (tertiary/aromatic N) is 4. The molecule has 1 aliphatic heterocycles. The van der Waals surface area contributed by atoms with Crippen LogP contribution in [0.15, 0.2) is 47.7 Å². The molecule has 1 saturated heterocycles. The van der Waals surface area contributed by atoms with Gasteiger partial charge in [-0.2, -0.15) is 0 Å². The summed E-state index contributed by atoms with van der Waals surface area (Å²) in [6, 6.07) is 10.0. The summed E-state index contributed by atoms with van der Waals surface area (Å²) in [5, 5.41) is 3.12. The maximum Gasteiger partial charge on any atom is 0.188 e. The molecule has 134 valence electrons. The molecule has 6 nitrogen and oxygen atoms in total. The lowest BCUT2D eigenvalue weighted by atomic mass is 10.3. The Labute approximate surface area is 166 Å². The van der Waals surface area contributed by atoms with E-state index in [1.165, 1.54) is 12.8 Å². The van der Waals surface area contributed by atoms with Crippen LogP contribution in [0.25, 0.3) is 0 Å². The van der Waals surface area contributed by atoms with Gasteiger partial charge >= 0.3 is 0 Å². The van der Waals surface area contributed by atoms with Crippen LogP contribution >= 0.6 is 24.0 Å². The molecule has 0 aliphatic carbocycles. The highest BCUT2D eigenvalue weighted by atomic mass is 127.